The van der Waals surface area contributed by atoms with E-state index in [1.54, 1.807) is 11.8 Å². The maximum Gasteiger partial charge on any atom is 0.238 e. The summed E-state index contributed by atoms with van der Waals surface area (Å²) in [5.74, 6) is 0.912. The second-order valence-electron chi connectivity index (χ2n) is 4.17. The van der Waals surface area contributed by atoms with Crippen molar-refractivity contribution in [2.75, 3.05) is 16.8 Å². The number of nitrogens with one attached hydrogen (secondary N) is 1. The van der Waals surface area contributed by atoms with E-state index < -0.39 is 10.0 Å². The Hall–Kier alpha value is -1.14. The minimum absolute atomic E-state index is 0.000289. The number of thioether (sulfide) groups is 2. The normalized spacial score (nSPS) is 11.4. The summed E-state index contributed by atoms with van der Waals surface area (Å²) in [4.78, 5) is 11.9. The molecule has 23 heavy (non-hydrogen) atoms. The Balaban J connectivity index is 1.86. The zero-order chi connectivity index (χ0) is 16.9. The molecule has 0 spiro atoms. The molecule has 7 nitrogen and oxygen atoms in total. The first-order valence-corrected chi connectivity index (χ1v) is 10.7. The lowest BCUT2D eigenvalue weighted by atomic mass is 10.3. The van der Waals surface area contributed by atoms with Crippen LogP contribution in [0.15, 0.2) is 37.8 Å². The van der Waals surface area contributed by atoms with Gasteiger partial charge in [-0.3, -0.25) is 4.79 Å². The van der Waals surface area contributed by atoms with Crippen LogP contribution in [0.2, 0.25) is 0 Å². The van der Waals surface area contributed by atoms with E-state index in [0.717, 1.165) is 14.4 Å². The molecule has 2 aromatic rings. The number of primary sulfonamides is 1. The molecule has 2 rings (SSSR count). The van der Waals surface area contributed by atoms with Gasteiger partial charge in [0, 0.05) is 5.69 Å². The fourth-order valence-electron chi connectivity index (χ4n) is 1.49. The highest BCUT2D eigenvalue weighted by atomic mass is 32.2. The highest BCUT2D eigenvalue weighted by Gasteiger charge is 2.10. The summed E-state index contributed by atoms with van der Waals surface area (Å²) in [6.45, 7) is 2.04. The van der Waals surface area contributed by atoms with Gasteiger partial charge in [0.15, 0.2) is 8.68 Å². The number of hydrogen-bond acceptors (Lipinski definition) is 8. The van der Waals surface area contributed by atoms with Crippen LogP contribution in [0, 0.1) is 0 Å². The first kappa shape index (κ1) is 18.2. The number of benzene rings is 1. The van der Waals surface area contributed by atoms with E-state index in [1.807, 2.05) is 6.92 Å². The van der Waals surface area contributed by atoms with Crippen LogP contribution in [0.4, 0.5) is 5.69 Å². The lowest BCUT2D eigenvalue weighted by Gasteiger charge is -2.05. The largest absolute Gasteiger partial charge is 0.325 e. The molecule has 0 aliphatic rings. The van der Waals surface area contributed by atoms with Crippen molar-refractivity contribution in [3.63, 3.8) is 0 Å². The number of nitrogens with two attached hydrogens (primary N) is 1. The molecule has 1 aromatic heterocycles. The molecule has 0 unspecified atom stereocenters. The van der Waals surface area contributed by atoms with Gasteiger partial charge in [-0.1, -0.05) is 41.8 Å². The third-order valence-corrected chi connectivity index (χ3v) is 6.45. The van der Waals surface area contributed by atoms with Crippen LogP contribution in [-0.2, 0) is 14.8 Å². The fraction of sp³-hybridized carbons (Fsp3) is 0.250. The van der Waals surface area contributed by atoms with E-state index in [-0.39, 0.29) is 16.6 Å². The van der Waals surface area contributed by atoms with E-state index in [9.17, 15) is 13.2 Å². The first-order chi connectivity index (χ1) is 10.9. The SMILES string of the molecule is CCSc1nnc(SCC(=O)Nc2ccc(S(N)(=O)=O)cc2)s1. The molecule has 1 amide bonds. The molecule has 0 fully saturated rings. The summed E-state index contributed by atoms with van der Waals surface area (Å²) in [5, 5.41) is 15.7. The van der Waals surface area contributed by atoms with Crippen LogP contribution in [0.25, 0.3) is 0 Å². The number of anilines is 1. The zero-order valence-corrected chi connectivity index (χ0v) is 15.3. The van der Waals surface area contributed by atoms with Crippen LogP contribution in [0.5, 0.6) is 0 Å². The average molecular weight is 391 g/mol. The Morgan fingerprint density at radius 1 is 1.22 bits per heavy atom. The second kappa shape index (κ2) is 8.11. The maximum atomic E-state index is 11.9. The third-order valence-electron chi connectivity index (χ3n) is 2.45. The highest BCUT2D eigenvalue weighted by Crippen LogP contribution is 2.28. The van der Waals surface area contributed by atoms with Gasteiger partial charge in [-0.05, 0) is 30.0 Å². The Labute approximate surface area is 146 Å². The smallest absolute Gasteiger partial charge is 0.238 e. The lowest BCUT2D eigenvalue weighted by Crippen LogP contribution is -2.15. The van der Waals surface area contributed by atoms with E-state index >= 15 is 0 Å². The summed E-state index contributed by atoms with van der Waals surface area (Å²) in [7, 11) is -3.73. The molecule has 1 heterocycles. The number of rotatable bonds is 7. The highest BCUT2D eigenvalue weighted by molar-refractivity contribution is 8.03. The van der Waals surface area contributed by atoms with Gasteiger partial charge in [-0.2, -0.15) is 0 Å². The van der Waals surface area contributed by atoms with Crippen molar-refractivity contribution < 1.29 is 13.2 Å². The first-order valence-electron chi connectivity index (χ1n) is 6.40. The molecule has 124 valence electrons. The maximum absolute atomic E-state index is 11.9. The van der Waals surface area contributed by atoms with Crippen LogP contribution in [-0.4, -0.2) is 36.0 Å². The Morgan fingerprint density at radius 3 is 2.39 bits per heavy atom. The minimum atomic E-state index is -3.73. The van der Waals surface area contributed by atoms with Gasteiger partial charge in [0.1, 0.15) is 0 Å². The number of aromatic nitrogens is 2. The zero-order valence-electron chi connectivity index (χ0n) is 12.1. The molecule has 1 aromatic carbocycles. The van der Waals surface area contributed by atoms with E-state index in [4.69, 9.17) is 5.14 Å². The number of carbonyl (C=O) groups is 1. The molecule has 0 aliphatic carbocycles. The van der Waals surface area contributed by atoms with Crippen molar-refractivity contribution in [1.29, 1.82) is 0 Å². The van der Waals surface area contributed by atoms with Crippen LogP contribution < -0.4 is 10.5 Å². The Morgan fingerprint density at radius 2 is 1.83 bits per heavy atom. The van der Waals surface area contributed by atoms with Crippen LogP contribution in [0.1, 0.15) is 6.92 Å². The summed E-state index contributed by atoms with van der Waals surface area (Å²) >= 11 is 4.37. The fourth-order valence-corrected chi connectivity index (χ4v) is 4.72. The molecule has 0 bridgehead atoms. The molecule has 0 saturated heterocycles. The average Bonchev–Trinajstić information content (AvgIpc) is 2.93. The van der Waals surface area contributed by atoms with Gasteiger partial charge < -0.3 is 5.32 Å². The number of carbonyl (C=O) groups excluding carboxylic acids is 1. The number of sulfonamides is 1. The van der Waals surface area contributed by atoms with Gasteiger partial charge >= 0.3 is 0 Å². The topological polar surface area (TPSA) is 115 Å². The summed E-state index contributed by atoms with van der Waals surface area (Å²) in [6.07, 6.45) is 0. The van der Waals surface area contributed by atoms with Gasteiger partial charge in [-0.15, -0.1) is 10.2 Å². The Kier molecular flexibility index (Phi) is 6.41. The van der Waals surface area contributed by atoms with Crippen molar-refractivity contribution in [2.45, 2.75) is 20.5 Å². The van der Waals surface area contributed by atoms with Gasteiger partial charge in [0.25, 0.3) is 0 Å². The van der Waals surface area contributed by atoms with Crippen LogP contribution >= 0.6 is 34.9 Å². The molecular weight excluding hydrogens is 376 g/mol. The predicted octanol–water partition coefficient (Wildman–Crippen LogP) is 2.03. The standard InChI is InChI=1S/C12H14N4O3S4/c1-2-20-11-15-16-12(22-11)21-7-10(17)14-8-3-5-9(6-4-8)23(13,18)19/h3-6H,2,7H2,1H3,(H,14,17)(H2,13,18,19). The quantitative estimate of drug-likeness (QED) is 0.695. The van der Waals surface area contributed by atoms with Crippen molar-refractivity contribution in [1.82, 2.24) is 10.2 Å². The molecule has 0 radical (unpaired) electrons. The molecule has 0 saturated carbocycles. The van der Waals surface area contributed by atoms with Crippen LogP contribution in [0.3, 0.4) is 0 Å². The monoisotopic (exact) mass is 390 g/mol. The van der Waals surface area contributed by atoms with E-state index in [2.05, 4.69) is 15.5 Å². The van der Waals surface area contributed by atoms with Crippen molar-refractivity contribution in [3.05, 3.63) is 24.3 Å². The molecule has 0 aliphatic heterocycles. The lowest BCUT2D eigenvalue weighted by molar-refractivity contribution is -0.113. The second-order valence-corrected chi connectivity index (χ2v) is 9.45. The summed E-state index contributed by atoms with van der Waals surface area (Å²) in [6, 6.07) is 5.67. The van der Waals surface area contributed by atoms with Crippen molar-refractivity contribution in [3.8, 4) is 0 Å². The number of amides is 1. The number of nitrogens with zero attached hydrogens (tertiary/aromatic N) is 2. The van der Waals surface area contributed by atoms with E-state index in [0.29, 0.717) is 5.69 Å². The van der Waals surface area contributed by atoms with Gasteiger partial charge in [-0.25, -0.2) is 13.6 Å². The molecule has 3 N–H and O–H groups in total. The Bertz CT molecular complexity index is 774. The van der Waals surface area contributed by atoms with Gasteiger partial charge in [0.2, 0.25) is 15.9 Å². The van der Waals surface area contributed by atoms with E-state index in [1.165, 1.54) is 47.4 Å². The summed E-state index contributed by atoms with van der Waals surface area (Å²) < 4.78 is 23.9. The molecule has 11 heteroatoms. The van der Waals surface area contributed by atoms with Crippen molar-refractivity contribution >= 4 is 56.5 Å². The van der Waals surface area contributed by atoms with Crippen molar-refractivity contribution in [2.24, 2.45) is 5.14 Å². The third kappa shape index (κ3) is 5.77. The minimum Gasteiger partial charge on any atom is -0.325 e. The number of hydrogen-bond donors (Lipinski definition) is 2. The molecule has 0 atom stereocenters. The van der Waals surface area contributed by atoms with Gasteiger partial charge in [0.05, 0.1) is 10.6 Å². The molecular formula is C12H14N4O3S4. The summed E-state index contributed by atoms with van der Waals surface area (Å²) in [5.41, 5.74) is 0.502. The predicted molar refractivity (Wildman–Crippen MR) is 93.5 cm³/mol.